The molecule has 0 saturated carbocycles. The first-order chi connectivity index (χ1) is 8.02. The lowest BCUT2D eigenvalue weighted by Gasteiger charge is -2.06. The van der Waals surface area contributed by atoms with E-state index in [-0.39, 0.29) is 16.5 Å². The smallest absolute Gasteiger partial charge is 0.338 e. The van der Waals surface area contributed by atoms with Crippen LogP contribution in [0.4, 0.5) is 8.78 Å². The molecule has 2 aromatic rings. The van der Waals surface area contributed by atoms with Gasteiger partial charge in [-0.05, 0) is 19.1 Å². The number of hydrogen-bond donors (Lipinski definition) is 0. The van der Waals surface area contributed by atoms with Crippen LogP contribution in [0.2, 0.25) is 0 Å². The fraction of sp³-hybridized carbons (Fsp3) is 0.167. The van der Waals surface area contributed by atoms with Crippen molar-refractivity contribution in [1.29, 1.82) is 0 Å². The normalized spacial score (nSPS) is 10.6. The zero-order chi connectivity index (χ0) is 12.6. The van der Waals surface area contributed by atoms with E-state index in [0.29, 0.717) is 5.69 Å². The van der Waals surface area contributed by atoms with Gasteiger partial charge in [-0.2, -0.15) is 0 Å². The highest BCUT2D eigenvalue weighted by atomic mass is 19.1. The number of ether oxygens (including phenoxy) is 1. The number of halogens is 2. The number of benzene rings is 1. The lowest BCUT2D eigenvalue weighted by Crippen LogP contribution is -2.05. The maximum absolute atomic E-state index is 13.5. The standard InChI is InChI=1S/C12H9F2NO2/c1-6-3-9(12(16)17-2)8-4-7(13)5-10(14)11(8)15-6/h3-5H,1-2H3. The van der Waals surface area contributed by atoms with Gasteiger partial charge in [0.25, 0.3) is 0 Å². The molecule has 88 valence electrons. The second-order valence-electron chi connectivity index (χ2n) is 3.59. The van der Waals surface area contributed by atoms with Crippen molar-refractivity contribution in [3.63, 3.8) is 0 Å². The van der Waals surface area contributed by atoms with Crippen molar-refractivity contribution in [2.75, 3.05) is 7.11 Å². The third-order valence-electron chi connectivity index (χ3n) is 2.37. The molecule has 0 amide bonds. The Kier molecular flexibility index (Phi) is 2.75. The summed E-state index contributed by atoms with van der Waals surface area (Å²) in [5, 5.41) is 0.111. The summed E-state index contributed by atoms with van der Waals surface area (Å²) in [4.78, 5) is 15.5. The molecule has 0 radical (unpaired) electrons. The Morgan fingerprint density at radius 3 is 2.65 bits per heavy atom. The summed E-state index contributed by atoms with van der Waals surface area (Å²) in [6.07, 6.45) is 0. The fourth-order valence-corrected chi connectivity index (χ4v) is 1.66. The Morgan fingerprint density at radius 1 is 1.29 bits per heavy atom. The zero-order valence-corrected chi connectivity index (χ0v) is 9.25. The van der Waals surface area contributed by atoms with Crippen molar-refractivity contribution in [1.82, 2.24) is 4.98 Å². The zero-order valence-electron chi connectivity index (χ0n) is 9.25. The number of methoxy groups -OCH3 is 1. The topological polar surface area (TPSA) is 39.2 Å². The number of nitrogens with zero attached hydrogens (tertiary/aromatic N) is 1. The predicted octanol–water partition coefficient (Wildman–Crippen LogP) is 2.61. The first-order valence-corrected chi connectivity index (χ1v) is 4.87. The summed E-state index contributed by atoms with van der Waals surface area (Å²) in [5.41, 5.74) is 0.531. The molecule has 1 aromatic carbocycles. The minimum atomic E-state index is -0.797. The molecule has 0 fully saturated rings. The Labute approximate surface area is 96.0 Å². The number of carbonyl (C=O) groups excluding carboxylic acids is 1. The Balaban J connectivity index is 2.87. The molecule has 1 heterocycles. The lowest BCUT2D eigenvalue weighted by molar-refractivity contribution is 0.0603. The molecule has 5 heteroatoms. The van der Waals surface area contributed by atoms with Crippen LogP contribution in [-0.4, -0.2) is 18.1 Å². The van der Waals surface area contributed by atoms with Crippen LogP contribution in [0, 0.1) is 18.6 Å². The van der Waals surface area contributed by atoms with E-state index < -0.39 is 17.6 Å². The summed E-state index contributed by atoms with van der Waals surface area (Å²) in [5.74, 6) is -2.20. The van der Waals surface area contributed by atoms with Crippen LogP contribution in [0.25, 0.3) is 10.9 Å². The minimum absolute atomic E-state index is 0.0354. The highest BCUT2D eigenvalue weighted by molar-refractivity contribution is 6.03. The van der Waals surface area contributed by atoms with Crippen molar-refractivity contribution < 1.29 is 18.3 Å². The van der Waals surface area contributed by atoms with Gasteiger partial charge in [0.05, 0.1) is 12.7 Å². The summed E-state index contributed by atoms with van der Waals surface area (Å²) in [6.45, 7) is 1.62. The average Bonchev–Trinajstić information content (AvgIpc) is 2.28. The molecule has 3 nitrogen and oxygen atoms in total. The molecule has 17 heavy (non-hydrogen) atoms. The molecule has 0 aliphatic heterocycles. The van der Waals surface area contributed by atoms with E-state index in [9.17, 15) is 13.6 Å². The third kappa shape index (κ3) is 1.95. The molecule has 0 unspecified atom stereocenters. The largest absolute Gasteiger partial charge is 0.465 e. The molecule has 2 rings (SSSR count). The molecule has 0 saturated heterocycles. The number of hydrogen-bond acceptors (Lipinski definition) is 3. The number of pyridine rings is 1. The first kappa shape index (κ1) is 11.4. The summed E-state index contributed by atoms with van der Waals surface area (Å²) in [6, 6.07) is 3.24. The number of aromatic nitrogens is 1. The first-order valence-electron chi connectivity index (χ1n) is 4.87. The number of carbonyl (C=O) groups is 1. The van der Waals surface area contributed by atoms with Crippen LogP contribution < -0.4 is 0 Å². The van der Waals surface area contributed by atoms with Crippen molar-refractivity contribution >= 4 is 16.9 Å². The summed E-state index contributed by atoms with van der Waals surface area (Å²) in [7, 11) is 1.21. The van der Waals surface area contributed by atoms with Crippen LogP contribution in [-0.2, 0) is 4.74 Å². The van der Waals surface area contributed by atoms with E-state index in [0.717, 1.165) is 12.1 Å². The van der Waals surface area contributed by atoms with Gasteiger partial charge in [-0.25, -0.2) is 18.6 Å². The Bertz CT molecular complexity index is 611. The predicted molar refractivity (Wildman–Crippen MR) is 57.7 cm³/mol. The Morgan fingerprint density at radius 2 is 2.00 bits per heavy atom. The molecular formula is C12H9F2NO2. The molecule has 0 N–H and O–H groups in total. The number of aryl methyl sites for hydroxylation is 1. The summed E-state index contributed by atoms with van der Waals surface area (Å²) < 4.78 is 31.2. The van der Waals surface area contributed by atoms with E-state index in [4.69, 9.17) is 0 Å². The van der Waals surface area contributed by atoms with Gasteiger partial charge >= 0.3 is 5.97 Å². The second-order valence-corrected chi connectivity index (χ2v) is 3.59. The monoisotopic (exact) mass is 237 g/mol. The average molecular weight is 237 g/mol. The van der Waals surface area contributed by atoms with Crippen LogP contribution in [0.1, 0.15) is 16.1 Å². The van der Waals surface area contributed by atoms with Gasteiger partial charge in [-0.15, -0.1) is 0 Å². The van der Waals surface area contributed by atoms with Crippen molar-refractivity contribution in [2.45, 2.75) is 6.92 Å². The number of rotatable bonds is 1. The van der Waals surface area contributed by atoms with Crippen molar-refractivity contribution in [2.24, 2.45) is 0 Å². The van der Waals surface area contributed by atoms with E-state index in [1.54, 1.807) is 6.92 Å². The quantitative estimate of drug-likeness (QED) is 0.715. The number of esters is 1. The summed E-state index contributed by atoms with van der Waals surface area (Å²) >= 11 is 0. The third-order valence-corrected chi connectivity index (χ3v) is 2.37. The van der Waals surface area contributed by atoms with Gasteiger partial charge in [0.15, 0.2) is 5.82 Å². The van der Waals surface area contributed by atoms with Crippen molar-refractivity contribution in [3.05, 3.63) is 41.1 Å². The van der Waals surface area contributed by atoms with Crippen molar-refractivity contribution in [3.8, 4) is 0 Å². The SMILES string of the molecule is COC(=O)c1cc(C)nc2c(F)cc(F)cc12. The second kappa shape index (κ2) is 4.08. The molecule has 0 aliphatic carbocycles. The van der Waals surface area contributed by atoms with E-state index in [2.05, 4.69) is 9.72 Å². The van der Waals surface area contributed by atoms with Gasteiger partial charge in [-0.1, -0.05) is 0 Å². The Hall–Kier alpha value is -2.04. The fourth-order valence-electron chi connectivity index (χ4n) is 1.66. The minimum Gasteiger partial charge on any atom is -0.465 e. The van der Waals surface area contributed by atoms with E-state index in [1.807, 2.05) is 0 Å². The highest BCUT2D eigenvalue weighted by Crippen LogP contribution is 2.23. The maximum Gasteiger partial charge on any atom is 0.338 e. The molecule has 0 bridgehead atoms. The number of fused-ring (bicyclic) bond motifs is 1. The van der Waals surface area contributed by atoms with Gasteiger partial charge in [0, 0.05) is 17.1 Å². The molecule has 1 aromatic heterocycles. The van der Waals surface area contributed by atoms with Gasteiger partial charge < -0.3 is 4.74 Å². The van der Waals surface area contributed by atoms with E-state index in [1.165, 1.54) is 13.2 Å². The lowest BCUT2D eigenvalue weighted by atomic mass is 10.1. The molecule has 0 aliphatic rings. The highest BCUT2D eigenvalue weighted by Gasteiger charge is 2.15. The van der Waals surface area contributed by atoms with Gasteiger partial charge in [0.2, 0.25) is 0 Å². The van der Waals surface area contributed by atoms with Crippen LogP contribution in [0.5, 0.6) is 0 Å². The van der Waals surface area contributed by atoms with Crippen LogP contribution >= 0.6 is 0 Å². The van der Waals surface area contributed by atoms with Gasteiger partial charge in [-0.3, -0.25) is 0 Å². The van der Waals surface area contributed by atoms with Crippen LogP contribution in [0.15, 0.2) is 18.2 Å². The molecule has 0 atom stereocenters. The maximum atomic E-state index is 13.5. The van der Waals surface area contributed by atoms with E-state index >= 15 is 0 Å². The van der Waals surface area contributed by atoms with Gasteiger partial charge in [0.1, 0.15) is 11.3 Å². The molecule has 0 spiro atoms. The molecular weight excluding hydrogens is 228 g/mol. The van der Waals surface area contributed by atoms with Crippen LogP contribution in [0.3, 0.4) is 0 Å².